The van der Waals surface area contributed by atoms with Crippen LogP contribution in [-0.4, -0.2) is 43.0 Å². The van der Waals surface area contributed by atoms with Crippen molar-refractivity contribution in [1.82, 2.24) is 4.90 Å². The molecule has 1 aromatic carbocycles. The summed E-state index contributed by atoms with van der Waals surface area (Å²) in [6.07, 6.45) is 7.28. The molecule has 1 saturated carbocycles. The molecule has 2 aliphatic rings. The Hall–Kier alpha value is -2.04. The normalized spacial score (nSPS) is 23.3. The highest BCUT2D eigenvalue weighted by molar-refractivity contribution is 5.96. The first-order valence-corrected chi connectivity index (χ1v) is 8.91. The van der Waals surface area contributed by atoms with Crippen LogP contribution < -0.4 is 5.32 Å². The van der Waals surface area contributed by atoms with Gasteiger partial charge in [0.1, 0.15) is 0 Å². The number of hydrogen-bond donors (Lipinski definition) is 1. The monoisotopic (exact) mass is 330 g/mol. The van der Waals surface area contributed by atoms with Gasteiger partial charge in [-0.25, -0.2) is 4.79 Å². The molecule has 130 valence electrons. The Morgan fingerprint density at radius 3 is 2.75 bits per heavy atom. The summed E-state index contributed by atoms with van der Waals surface area (Å²) in [6, 6.07) is 7.56. The summed E-state index contributed by atoms with van der Waals surface area (Å²) in [5.74, 6) is 0.418. The van der Waals surface area contributed by atoms with E-state index in [4.69, 9.17) is 4.74 Å². The number of carbonyl (C=O) groups excluding carboxylic acids is 2. The fraction of sp³-hybridized carbons (Fsp3) is 0.579. The van der Waals surface area contributed by atoms with E-state index in [1.54, 1.807) is 18.2 Å². The lowest BCUT2D eigenvalue weighted by molar-refractivity contribution is -0.135. The summed E-state index contributed by atoms with van der Waals surface area (Å²) in [7, 11) is 1.36. The van der Waals surface area contributed by atoms with Crippen LogP contribution in [0.15, 0.2) is 24.3 Å². The first-order valence-electron chi connectivity index (χ1n) is 8.91. The smallest absolute Gasteiger partial charge is 0.339 e. The molecular formula is C19H26N2O3. The number of esters is 1. The molecule has 24 heavy (non-hydrogen) atoms. The van der Waals surface area contributed by atoms with Crippen molar-refractivity contribution in [2.75, 3.05) is 25.5 Å². The predicted octanol–water partition coefficient (Wildman–Crippen LogP) is 3.07. The van der Waals surface area contributed by atoms with Gasteiger partial charge in [0.05, 0.1) is 19.2 Å². The van der Waals surface area contributed by atoms with Gasteiger partial charge in [-0.2, -0.15) is 0 Å². The van der Waals surface area contributed by atoms with E-state index in [1.165, 1.54) is 32.8 Å². The fourth-order valence-corrected chi connectivity index (χ4v) is 4.13. The van der Waals surface area contributed by atoms with Crippen LogP contribution in [0, 0.1) is 5.92 Å². The Bertz CT molecular complexity index is 600. The van der Waals surface area contributed by atoms with E-state index in [2.05, 4.69) is 10.2 Å². The van der Waals surface area contributed by atoms with Gasteiger partial charge in [0.15, 0.2) is 0 Å². The second-order valence-corrected chi connectivity index (χ2v) is 6.73. The molecule has 5 heteroatoms. The molecule has 2 atom stereocenters. The van der Waals surface area contributed by atoms with Crippen molar-refractivity contribution in [1.29, 1.82) is 0 Å². The number of ether oxygens (including phenoxy) is 1. The topological polar surface area (TPSA) is 58.6 Å². The van der Waals surface area contributed by atoms with Crippen LogP contribution in [0.1, 0.15) is 48.9 Å². The van der Waals surface area contributed by atoms with Gasteiger partial charge >= 0.3 is 5.97 Å². The number of methoxy groups -OCH3 is 1. The highest BCUT2D eigenvalue weighted by atomic mass is 16.5. The molecule has 2 fully saturated rings. The number of amides is 1. The number of fused-ring (bicyclic) bond motifs is 1. The van der Waals surface area contributed by atoms with Gasteiger partial charge in [0, 0.05) is 18.3 Å². The van der Waals surface area contributed by atoms with Crippen LogP contribution in [0.25, 0.3) is 0 Å². The average Bonchev–Trinajstić information content (AvgIpc) is 2.65. The third kappa shape index (κ3) is 3.55. The molecule has 1 amide bonds. The quantitative estimate of drug-likeness (QED) is 0.862. The second kappa shape index (κ2) is 7.69. The maximum atomic E-state index is 12.7. The number of likely N-dealkylation sites (tertiary alicyclic amines) is 1. The number of rotatable bonds is 4. The Labute approximate surface area is 143 Å². The Morgan fingerprint density at radius 1 is 1.17 bits per heavy atom. The lowest BCUT2D eigenvalue weighted by Gasteiger charge is -2.44. The van der Waals surface area contributed by atoms with E-state index in [0.29, 0.717) is 23.2 Å². The summed E-state index contributed by atoms with van der Waals surface area (Å²) in [4.78, 5) is 26.6. The maximum absolute atomic E-state index is 12.7. The molecule has 1 saturated heterocycles. The number of nitrogens with zero attached hydrogens (tertiary/aromatic N) is 1. The molecule has 0 bridgehead atoms. The zero-order valence-corrected chi connectivity index (χ0v) is 14.3. The van der Waals surface area contributed by atoms with Crippen LogP contribution in [0.5, 0.6) is 0 Å². The molecule has 0 radical (unpaired) electrons. The van der Waals surface area contributed by atoms with E-state index in [1.807, 2.05) is 6.07 Å². The predicted molar refractivity (Wildman–Crippen MR) is 93.0 cm³/mol. The van der Waals surface area contributed by atoms with E-state index in [-0.39, 0.29) is 12.5 Å². The minimum Gasteiger partial charge on any atom is -0.465 e. The lowest BCUT2D eigenvalue weighted by Crippen LogP contribution is -2.51. The highest BCUT2D eigenvalue weighted by Crippen LogP contribution is 2.35. The van der Waals surface area contributed by atoms with Crippen LogP contribution >= 0.6 is 0 Å². The molecule has 1 N–H and O–H groups in total. The number of benzene rings is 1. The molecule has 1 aliphatic carbocycles. The largest absolute Gasteiger partial charge is 0.465 e. The van der Waals surface area contributed by atoms with Gasteiger partial charge < -0.3 is 15.0 Å². The molecular weight excluding hydrogens is 304 g/mol. The van der Waals surface area contributed by atoms with E-state index in [9.17, 15) is 9.59 Å². The Morgan fingerprint density at radius 2 is 1.92 bits per heavy atom. The Balaban J connectivity index is 1.64. The van der Waals surface area contributed by atoms with Crippen molar-refractivity contribution in [3.05, 3.63) is 29.8 Å². The number of hydrogen-bond acceptors (Lipinski definition) is 4. The van der Waals surface area contributed by atoms with Crippen LogP contribution in [0.4, 0.5) is 5.69 Å². The van der Waals surface area contributed by atoms with Crippen molar-refractivity contribution in [3.8, 4) is 0 Å². The molecule has 1 aromatic rings. The van der Waals surface area contributed by atoms with Crippen molar-refractivity contribution in [2.24, 2.45) is 5.92 Å². The van der Waals surface area contributed by atoms with Gasteiger partial charge in [-0.3, -0.25) is 4.79 Å². The number of carbonyl (C=O) groups is 2. The lowest BCUT2D eigenvalue weighted by atomic mass is 9.78. The zero-order valence-electron chi connectivity index (χ0n) is 14.3. The molecule has 3 rings (SSSR count). The van der Waals surface area contributed by atoms with Crippen molar-refractivity contribution < 1.29 is 14.3 Å². The third-order valence-electron chi connectivity index (χ3n) is 5.33. The first kappa shape index (κ1) is 16.8. The van der Waals surface area contributed by atoms with E-state index < -0.39 is 5.97 Å². The third-order valence-corrected chi connectivity index (χ3v) is 5.33. The van der Waals surface area contributed by atoms with Crippen LogP contribution in [0.3, 0.4) is 0 Å². The second-order valence-electron chi connectivity index (χ2n) is 6.73. The van der Waals surface area contributed by atoms with Crippen molar-refractivity contribution in [2.45, 2.75) is 44.6 Å². The fourth-order valence-electron chi connectivity index (χ4n) is 4.13. The summed E-state index contributed by atoms with van der Waals surface area (Å²) in [5.41, 5.74) is 1.11. The maximum Gasteiger partial charge on any atom is 0.339 e. The summed E-state index contributed by atoms with van der Waals surface area (Å²) < 4.78 is 4.80. The van der Waals surface area contributed by atoms with Gasteiger partial charge in [-0.05, 0) is 43.7 Å². The zero-order chi connectivity index (χ0) is 16.9. The van der Waals surface area contributed by atoms with Crippen LogP contribution in [-0.2, 0) is 9.53 Å². The minimum absolute atomic E-state index is 0.131. The van der Waals surface area contributed by atoms with Gasteiger partial charge in [0.25, 0.3) is 0 Å². The average molecular weight is 330 g/mol. The van der Waals surface area contributed by atoms with Gasteiger partial charge in [-0.15, -0.1) is 0 Å². The van der Waals surface area contributed by atoms with Crippen LogP contribution in [0.2, 0.25) is 0 Å². The van der Waals surface area contributed by atoms with Gasteiger partial charge in [0.2, 0.25) is 5.91 Å². The van der Waals surface area contributed by atoms with Crippen molar-refractivity contribution in [3.63, 3.8) is 0 Å². The molecule has 1 aliphatic heterocycles. The number of para-hydroxylation sites is 1. The molecule has 2 unspecified atom stereocenters. The Kier molecular flexibility index (Phi) is 5.38. The summed E-state index contributed by atoms with van der Waals surface area (Å²) in [5, 5.41) is 3.13. The minimum atomic E-state index is -0.393. The summed E-state index contributed by atoms with van der Waals surface area (Å²) >= 11 is 0. The van der Waals surface area contributed by atoms with Crippen molar-refractivity contribution >= 4 is 17.6 Å². The highest BCUT2D eigenvalue weighted by Gasteiger charge is 2.35. The molecule has 5 nitrogen and oxygen atoms in total. The van der Waals surface area contributed by atoms with E-state index in [0.717, 1.165) is 19.4 Å². The first-order chi connectivity index (χ1) is 11.7. The molecule has 0 aromatic heterocycles. The standard InChI is InChI=1S/C19H26N2O3/c1-24-19(23)15-9-3-4-10-16(15)20-13-18(22)21-12-6-8-14-7-2-5-11-17(14)21/h3-4,9-10,14,17,20H,2,5-8,11-13H2,1H3. The van der Waals surface area contributed by atoms with E-state index >= 15 is 0 Å². The number of piperidine rings is 1. The molecule has 1 heterocycles. The number of anilines is 1. The SMILES string of the molecule is COC(=O)c1ccccc1NCC(=O)N1CCCC2CCCCC21. The van der Waals surface area contributed by atoms with Gasteiger partial charge in [-0.1, -0.05) is 25.0 Å². The summed E-state index contributed by atoms with van der Waals surface area (Å²) in [6.45, 7) is 1.08. The number of nitrogens with one attached hydrogen (secondary N) is 1. The molecule has 0 spiro atoms.